The molecule has 0 saturated carbocycles. The number of carboxylic acids is 2. The van der Waals surface area contributed by atoms with E-state index in [0.717, 1.165) is 51.4 Å². The molecule has 0 heterocycles. The minimum Gasteiger partial charge on any atom is -0.481 e. The molecular formula is C34H61N3O12. The van der Waals surface area contributed by atoms with E-state index in [9.17, 15) is 33.9 Å². The Morgan fingerprint density at radius 1 is 0.510 bits per heavy atom. The van der Waals surface area contributed by atoms with Crippen molar-refractivity contribution >= 4 is 35.4 Å². The van der Waals surface area contributed by atoms with Gasteiger partial charge in [0, 0.05) is 38.9 Å². The van der Waals surface area contributed by atoms with Crippen molar-refractivity contribution in [2.75, 3.05) is 79.0 Å². The van der Waals surface area contributed by atoms with E-state index in [0.29, 0.717) is 32.8 Å². The zero-order valence-electron chi connectivity index (χ0n) is 29.5. The highest BCUT2D eigenvalue weighted by atomic mass is 16.5. The Kier molecular flexibility index (Phi) is 31.2. The molecule has 0 atom stereocenters. The van der Waals surface area contributed by atoms with Crippen LogP contribution in [0.5, 0.6) is 0 Å². The second kappa shape index (κ2) is 33.4. The van der Waals surface area contributed by atoms with E-state index in [1.807, 2.05) is 0 Å². The quantitative estimate of drug-likeness (QED) is 0.0695. The summed E-state index contributed by atoms with van der Waals surface area (Å²) < 4.78 is 21.0. The van der Waals surface area contributed by atoms with E-state index in [1.165, 1.54) is 31.1 Å². The number of carbonyl (C=O) groups is 6. The van der Waals surface area contributed by atoms with Gasteiger partial charge in [-0.2, -0.15) is 0 Å². The van der Waals surface area contributed by atoms with Gasteiger partial charge < -0.3 is 44.7 Å². The van der Waals surface area contributed by atoms with Crippen molar-refractivity contribution in [3.63, 3.8) is 0 Å². The van der Waals surface area contributed by atoms with Crippen LogP contribution in [0.25, 0.3) is 0 Å². The monoisotopic (exact) mass is 703 g/mol. The van der Waals surface area contributed by atoms with Crippen LogP contribution >= 0.6 is 0 Å². The van der Waals surface area contributed by atoms with Crippen molar-refractivity contribution in [3.05, 3.63) is 0 Å². The Labute approximate surface area is 291 Å². The average Bonchev–Trinajstić information content (AvgIpc) is 3.05. The molecule has 49 heavy (non-hydrogen) atoms. The van der Waals surface area contributed by atoms with Crippen molar-refractivity contribution in [2.24, 2.45) is 0 Å². The van der Waals surface area contributed by atoms with Crippen molar-refractivity contribution < 1.29 is 57.9 Å². The first-order valence-electron chi connectivity index (χ1n) is 17.7. The van der Waals surface area contributed by atoms with Gasteiger partial charge in [-0.15, -0.1) is 0 Å². The Balaban J connectivity index is 3.78. The van der Waals surface area contributed by atoms with Gasteiger partial charge >= 0.3 is 11.9 Å². The van der Waals surface area contributed by atoms with Gasteiger partial charge in [-0.1, -0.05) is 64.2 Å². The molecule has 0 radical (unpaired) electrons. The summed E-state index contributed by atoms with van der Waals surface area (Å²) in [6, 6.07) is 0. The first kappa shape index (κ1) is 45.9. The first-order chi connectivity index (χ1) is 23.6. The fourth-order valence-electron chi connectivity index (χ4n) is 4.66. The molecule has 0 aromatic rings. The molecule has 284 valence electrons. The summed E-state index contributed by atoms with van der Waals surface area (Å²) in [6.07, 6.45) is 12.8. The largest absolute Gasteiger partial charge is 0.481 e. The smallest absolute Gasteiger partial charge is 0.323 e. The molecule has 0 aromatic carbocycles. The predicted octanol–water partition coefficient (Wildman–Crippen LogP) is 2.72. The number of aliphatic carboxylic acids is 2. The topological polar surface area (TPSA) is 207 Å². The van der Waals surface area contributed by atoms with E-state index < -0.39 is 18.5 Å². The Morgan fingerprint density at radius 2 is 0.959 bits per heavy atom. The van der Waals surface area contributed by atoms with Crippen LogP contribution in [-0.2, 0) is 47.7 Å². The molecule has 0 fully saturated rings. The van der Waals surface area contributed by atoms with Crippen LogP contribution in [0, 0.1) is 0 Å². The number of Topliss-reactive ketones (excluding diaryl/α,β-unsaturated/α-hetero) is 1. The van der Waals surface area contributed by atoms with Crippen LogP contribution in [0.4, 0.5) is 0 Å². The number of rotatable bonds is 36. The Hall–Kier alpha value is -3.14. The highest BCUT2D eigenvalue weighted by molar-refractivity contribution is 5.82. The summed E-state index contributed by atoms with van der Waals surface area (Å²) in [5, 5.41) is 23.2. The number of hydrogen-bond donors (Lipinski definition) is 4. The third-order valence-corrected chi connectivity index (χ3v) is 7.24. The lowest BCUT2D eigenvalue weighted by Crippen LogP contribution is -2.39. The number of nitrogens with one attached hydrogen (secondary N) is 2. The van der Waals surface area contributed by atoms with Crippen LogP contribution in [0.15, 0.2) is 0 Å². The van der Waals surface area contributed by atoms with E-state index in [2.05, 4.69) is 10.6 Å². The second-order valence-electron chi connectivity index (χ2n) is 11.8. The molecule has 0 bridgehead atoms. The molecule has 4 N–H and O–H groups in total. The lowest BCUT2D eigenvalue weighted by Gasteiger charge is -2.20. The standard InChI is InChI=1S/C34H61N3O12/c1-29(38)27-48-24-22-47-21-18-36-31(40)28-49-25-23-46-20-17-35-30(39)16-19-37(26-34(44)45)32(41)14-12-10-8-6-4-2-3-5-7-9-11-13-15-33(42)43/h2-28H2,1H3,(H,35,39)(H,36,40)(H,42,43)(H,44,45). The van der Waals surface area contributed by atoms with Gasteiger partial charge in [0.1, 0.15) is 19.8 Å². The Bertz CT molecular complexity index is 919. The highest BCUT2D eigenvalue weighted by Crippen LogP contribution is 2.13. The van der Waals surface area contributed by atoms with Gasteiger partial charge in [0.2, 0.25) is 17.7 Å². The van der Waals surface area contributed by atoms with Gasteiger partial charge in [0.25, 0.3) is 0 Å². The zero-order chi connectivity index (χ0) is 36.4. The number of unbranched alkanes of at least 4 members (excludes halogenated alkanes) is 11. The summed E-state index contributed by atoms with van der Waals surface area (Å²) in [7, 11) is 0. The summed E-state index contributed by atoms with van der Waals surface area (Å²) in [5.74, 6) is -2.78. The number of hydrogen-bond acceptors (Lipinski definition) is 10. The molecule has 3 amide bonds. The molecule has 0 unspecified atom stereocenters. The van der Waals surface area contributed by atoms with Crippen LogP contribution in [0.2, 0.25) is 0 Å². The van der Waals surface area contributed by atoms with E-state index >= 15 is 0 Å². The molecule has 0 saturated heterocycles. The SMILES string of the molecule is CC(=O)COCCOCCNC(=O)COCCOCCNC(=O)CCN(CC(=O)O)C(=O)CCCCCCCCCCCCCCC(=O)O. The summed E-state index contributed by atoms with van der Waals surface area (Å²) in [5.41, 5.74) is 0. The van der Waals surface area contributed by atoms with Crippen LogP contribution < -0.4 is 10.6 Å². The number of ether oxygens (including phenoxy) is 4. The third kappa shape index (κ3) is 34.5. The van der Waals surface area contributed by atoms with Crippen molar-refractivity contribution in [1.82, 2.24) is 15.5 Å². The number of carbonyl (C=O) groups excluding carboxylic acids is 4. The maximum Gasteiger partial charge on any atom is 0.323 e. The van der Waals surface area contributed by atoms with E-state index in [-0.39, 0.29) is 88.9 Å². The minimum atomic E-state index is -1.12. The average molecular weight is 704 g/mol. The minimum absolute atomic E-state index is 0.0156. The van der Waals surface area contributed by atoms with Gasteiger partial charge in [-0.25, -0.2) is 0 Å². The third-order valence-electron chi connectivity index (χ3n) is 7.24. The molecule has 0 aliphatic heterocycles. The maximum atomic E-state index is 12.6. The molecular weight excluding hydrogens is 642 g/mol. The van der Waals surface area contributed by atoms with Crippen LogP contribution in [0.1, 0.15) is 103 Å². The first-order valence-corrected chi connectivity index (χ1v) is 17.7. The molecule has 0 spiro atoms. The number of carboxylic acid groups (broad SMARTS) is 2. The van der Waals surface area contributed by atoms with Gasteiger partial charge in [0.05, 0.1) is 39.6 Å². The lowest BCUT2D eigenvalue weighted by atomic mass is 10.0. The van der Waals surface area contributed by atoms with Crippen LogP contribution in [0.3, 0.4) is 0 Å². The zero-order valence-corrected chi connectivity index (χ0v) is 29.5. The fraction of sp³-hybridized carbons (Fsp3) is 0.824. The van der Waals surface area contributed by atoms with Gasteiger partial charge in [-0.3, -0.25) is 28.8 Å². The van der Waals surface area contributed by atoms with E-state index in [4.69, 9.17) is 24.1 Å². The predicted molar refractivity (Wildman–Crippen MR) is 181 cm³/mol. The van der Waals surface area contributed by atoms with Crippen molar-refractivity contribution in [3.8, 4) is 0 Å². The second-order valence-corrected chi connectivity index (χ2v) is 11.8. The van der Waals surface area contributed by atoms with Gasteiger partial charge in [-0.05, 0) is 19.8 Å². The normalized spacial score (nSPS) is 10.9. The molecule has 15 heteroatoms. The lowest BCUT2D eigenvalue weighted by molar-refractivity contribution is -0.145. The van der Waals surface area contributed by atoms with Gasteiger partial charge in [0.15, 0.2) is 5.78 Å². The Morgan fingerprint density at radius 3 is 1.45 bits per heavy atom. The molecule has 15 nitrogen and oxygen atoms in total. The molecule has 0 aromatic heterocycles. The van der Waals surface area contributed by atoms with E-state index in [1.54, 1.807) is 0 Å². The number of ketones is 1. The van der Waals surface area contributed by atoms with Crippen molar-refractivity contribution in [1.29, 1.82) is 0 Å². The number of amides is 3. The van der Waals surface area contributed by atoms with Crippen LogP contribution in [-0.4, -0.2) is 130 Å². The number of nitrogens with zero attached hydrogens (tertiary/aromatic N) is 1. The highest BCUT2D eigenvalue weighted by Gasteiger charge is 2.17. The van der Waals surface area contributed by atoms with Crippen molar-refractivity contribution in [2.45, 2.75) is 103 Å². The summed E-state index contributed by atoms with van der Waals surface area (Å²) >= 11 is 0. The fourth-order valence-corrected chi connectivity index (χ4v) is 4.66. The maximum absolute atomic E-state index is 12.6. The molecule has 0 aliphatic rings. The summed E-state index contributed by atoms with van der Waals surface area (Å²) in [6.45, 7) is 3.08. The molecule has 0 aliphatic carbocycles. The molecule has 0 rings (SSSR count). The summed E-state index contributed by atoms with van der Waals surface area (Å²) in [4.78, 5) is 70.3.